The minimum Gasteiger partial charge on any atom is -0.444 e. The van der Waals surface area contributed by atoms with Crippen LogP contribution < -0.4 is 5.48 Å². The fourth-order valence-corrected chi connectivity index (χ4v) is 3.17. The first kappa shape index (κ1) is 13.6. The van der Waals surface area contributed by atoms with Crippen LogP contribution in [-0.4, -0.2) is 58.9 Å². The van der Waals surface area contributed by atoms with Crippen molar-refractivity contribution in [3.63, 3.8) is 0 Å². The Morgan fingerprint density at radius 2 is 2.20 bits per heavy atom. The first-order chi connectivity index (χ1) is 9.28. The lowest BCUT2D eigenvalue weighted by Crippen LogP contribution is -2.60. The monoisotopic (exact) mass is 282 g/mol. The van der Waals surface area contributed by atoms with Gasteiger partial charge in [-0.25, -0.2) is 9.79 Å². The van der Waals surface area contributed by atoms with Crippen molar-refractivity contribution in [2.75, 3.05) is 13.1 Å². The third-order valence-electron chi connectivity index (χ3n) is 4.04. The van der Waals surface area contributed by atoms with Crippen molar-refractivity contribution < 1.29 is 14.4 Å². The van der Waals surface area contributed by atoms with Gasteiger partial charge in [-0.15, -0.1) is 5.48 Å². The molecule has 3 aliphatic heterocycles. The van der Waals surface area contributed by atoms with Crippen molar-refractivity contribution in [2.45, 2.75) is 57.6 Å². The van der Waals surface area contributed by atoms with E-state index in [1.165, 1.54) is 6.40 Å². The maximum atomic E-state index is 12.2. The van der Waals surface area contributed by atoms with Crippen molar-refractivity contribution in [2.24, 2.45) is 4.99 Å². The number of nitrogens with one attached hydrogen (secondary N) is 1. The summed E-state index contributed by atoms with van der Waals surface area (Å²) in [6.45, 7) is 9.12. The maximum absolute atomic E-state index is 12.2. The van der Waals surface area contributed by atoms with E-state index in [1.807, 2.05) is 32.6 Å². The van der Waals surface area contributed by atoms with Gasteiger partial charge in [0.2, 0.25) is 0 Å². The highest BCUT2D eigenvalue weighted by Crippen LogP contribution is 2.36. The Hall–Kier alpha value is -1.34. The van der Waals surface area contributed by atoms with Gasteiger partial charge in [-0.1, -0.05) is 0 Å². The van der Waals surface area contributed by atoms with Crippen LogP contribution in [0, 0.1) is 0 Å². The Morgan fingerprint density at radius 1 is 1.45 bits per heavy atom. The Balaban J connectivity index is 1.64. The number of ether oxygens (including phenoxy) is 1. The van der Waals surface area contributed by atoms with Crippen molar-refractivity contribution in [1.29, 1.82) is 0 Å². The zero-order valence-corrected chi connectivity index (χ0v) is 12.4. The zero-order valence-electron chi connectivity index (χ0n) is 12.4. The van der Waals surface area contributed by atoms with Crippen LogP contribution in [0.3, 0.4) is 0 Å². The number of carbonyl (C=O) groups excluding carboxylic acids is 1. The van der Waals surface area contributed by atoms with Crippen LogP contribution in [0.4, 0.5) is 4.79 Å². The molecule has 3 aliphatic rings. The second-order valence-electron chi connectivity index (χ2n) is 6.80. The molecule has 112 valence electrons. The van der Waals surface area contributed by atoms with Gasteiger partial charge < -0.3 is 14.5 Å². The molecule has 2 saturated heterocycles. The second kappa shape index (κ2) is 4.33. The average molecular weight is 282 g/mol. The fraction of sp³-hybridized carbons (Fsp3) is 0.846. The van der Waals surface area contributed by atoms with Gasteiger partial charge in [0, 0.05) is 25.2 Å². The standard InChI is InChI=1S/C13H22N4O3/c1-12(2,3)20-11(18)16-6-10-5-9(16)7-17(10)13(4)14-8-19-15-13/h8-10,15H,5-7H2,1-4H3/t9-,10?,13?/m1/s1. The molecule has 1 N–H and O–H groups in total. The third-order valence-corrected chi connectivity index (χ3v) is 4.04. The summed E-state index contributed by atoms with van der Waals surface area (Å²) >= 11 is 0. The van der Waals surface area contributed by atoms with Crippen molar-refractivity contribution in [3.05, 3.63) is 0 Å². The fourth-order valence-electron chi connectivity index (χ4n) is 3.17. The van der Waals surface area contributed by atoms with Crippen LogP contribution >= 0.6 is 0 Å². The van der Waals surface area contributed by atoms with Gasteiger partial charge in [-0.05, 0) is 34.1 Å². The quantitative estimate of drug-likeness (QED) is 0.774. The van der Waals surface area contributed by atoms with E-state index in [-0.39, 0.29) is 12.1 Å². The molecule has 0 radical (unpaired) electrons. The number of rotatable bonds is 1. The number of carbonyl (C=O) groups is 1. The number of hydrogen-bond donors (Lipinski definition) is 1. The molecule has 2 fully saturated rings. The van der Waals surface area contributed by atoms with Gasteiger partial charge in [0.05, 0.1) is 0 Å². The number of nitrogens with zero attached hydrogens (tertiary/aromatic N) is 3. The van der Waals surface area contributed by atoms with Crippen LogP contribution in [0.1, 0.15) is 34.1 Å². The summed E-state index contributed by atoms with van der Waals surface area (Å²) in [5, 5.41) is 0. The predicted molar refractivity (Wildman–Crippen MR) is 73.0 cm³/mol. The van der Waals surface area contributed by atoms with Gasteiger partial charge in [0.1, 0.15) is 5.60 Å². The Kier molecular flexibility index (Phi) is 2.95. The van der Waals surface area contributed by atoms with Crippen LogP contribution in [-0.2, 0) is 9.57 Å². The van der Waals surface area contributed by atoms with E-state index in [2.05, 4.69) is 15.4 Å². The zero-order chi connectivity index (χ0) is 14.5. The number of fused-ring (bicyclic) bond motifs is 2. The lowest BCUT2D eigenvalue weighted by molar-refractivity contribution is -0.0342. The molecule has 20 heavy (non-hydrogen) atoms. The second-order valence-corrected chi connectivity index (χ2v) is 6.80. The molecule has 0 aromatic heterocycles. The summed E-state index contributed by atoms with van der Waals surface area (Å²) in [5.41, 5.74) is 2.46. The highest BCUT2D eigenvalue weighted by molar-refractivity contribution is 5.69. The van der Waals surface area contributed by atoms with E-state index in [0.717, 1.165) is 13.0 Å². The molecule has 3 rings (SSSR count). The highest BCUT2D eigenvalue weighted by Gasteiger charge is 2.53. The molecule has 2 unspecified atom stereocenters. The Bertz CT molecular complexity index is 447. The van der Waals surface area contributed by atoms with Gasteiger partial charge >= 0.3 is 6.09 Å². The molecular weight excluding hydrogens is 260 g/mol. The molecule has 7 heteroatoms. The summed E-state index contributed by atoms with van der Waals surface area (Å²) in [5.74, 6) is -0.514. The molecular formula is C13H22N4O3. The van der Waals surface area contributed by atoms with E-state index >= 15 is 0 Å². The van der Waals surface area contributed by atoms with Gasteiger partial charge in [0.15, 0.2) is 12.2 Å². The normalized spacial score (nSPS) is 36.5. The smallest absolute Gasteiger partial charge is 0.410 e. The van der Waals surface area contributed by atoms with Crippen LogP contribution in [0.2, 0.25) is 0 Å². The molecule has 3 atom stereocenters. The van der Waals surface area contributed by atoms with Crippen molar-refractivity contribution in [3.8, 4) is 0 Å². The molecule has 0 saturated carbocycles. The van der Waals surface area contributed by atoms with Crippen LogP contribution in [0.25, 0.3) is 0 Å². The number of piperazine rings is 1. The molecule has 3 heterocycles. The van der Waals surface area contributed by atoms with Gasteiger partial charge in [0.25, 0.3) is 0 Å². The Labute approximate surface area is 118 Å². The molecule has 2 bridgehead atoms. The van der Waals surface area contributed by atoms with E-state index in [1.54, 1.807) is 0 Å². The van der Waals surface area contributed by atoms with Crippen molar-refractivity contribution >= 4 is 12.5 Å². The molecule has 0 aromatic rings. The SMILES string of the molecule is CC(C)(C)OC(=O)N1CC2C[C@@H]1CN2C1(C)N=CON1. The van der Waals surface area contributed by atoms with E-state index in [0.29, 0.717) is 12.6 Å². The van der Waals surface area contributed by atoms with Crippen LogP contribution in [0.5, 0.6) is 0 Å². The Morgan fingerprint density at radius 3 is 2.70 bits per heavy atom. The number of likely N-dealkylation sites (tertiary alicyclic amines) is 2. The van der Waals surface area contributed by atoms with Gasteiger partial charge in [-0.2, -0.15) is 0 Å². The van der Waals surface area contributed by atoms with E-state index in [9.17, 15) is 4.79 Å². The first-order valence-corrected chi connectivity index (χ1v) is 7.01. The molecule has 7 nitrogen and oxygen atoms in total. The minimum absolute atomic E-state index is 0.198. The highest BCUT2D eigenvalue weighted by atomic mass is 16.7. The summed E-state index contributed by atoms with van der Waals surface area (Å²) in [6, 6.07) is 0.494. The molecule has 0 spiro atoms. The summed E-state index contributed by atoms with van der Waals surface area (Å²) in [7, 11) is 0. The minimum atomic E-state index is -0.514. The number of hydroxylamine groups is 1. The van der Waals surface area contributed by atoms with Crippen LogP contribution in [0.15, 0.2) is 4.99 Å². The lowest BCUT2D eigenvalue weighted by Gasteiger charge is -2.40. The largest absolute Gasteiger partial charge is 0.444 e. The first-order valence-electron chi connectivity index (χ1n) is 7.01. The molecule has 0 aliphatic carbocycles. The van der Waals surface area contributed by atoms with Crippen molar-refractivity contribution in [1.82, 2.24) is 15.3 Å². The number of aliphatic imine (C=N–C) groups is 1. The predicted octanol–water partition coefficient (Wildman–Crippen LogP) is 0.917. The molecule has 0 aromatic carbocycles. The average Bonchev–Trinajstić information content (AvgIpc) is 3.00. The van der Waals surface area contributed by atoms with E-state index < -0.39 is 11.4 Å². The molecule has 1 amide bonds. The topological polar surface area (TPSA) is 66.4 Å². The maximum Gasteiger partial charge on any atom is 0.410 e. The summed E-state index contributed by atoms with van der Waals surface area (Å²) in [4.78, 5) is 25.6. The lowest BCUT2D eigenvalue weighted by atomic mass is 10.2. The van der Waals surface area contributed by atoms with E-state index in [4.69, 9.17) is 9.57 Å². The summed E-state index contributed by atoms with van der Waals surface area (Å²) in [6.07, 6.45) is 2.18. The third kappa shape index (κ3) is 2.25. The summed E-state index contributed by atoms with van der Waals surface area (Å²) < 4.78 is 5.46. The number of amides is 1. The van der Waals surface area contributed by atoms with Gasteiger partial charge in [-0.3, -0.25) is 4.90 Å². The number of hydrogen-bond acceptors (Lipinski definition) is 6.